The SMILES string of the molecule is CC(=O)N(c1cccc(C(F)(F)F)c1)c1nc(COC(=O)CCOc2ccccc2C)cs1. The van der Waals surface area contributed by atoms with Gasteiger partial charge in [0.05, 0.1) is 30.0 Å². The number of carbonyl (C=O) groups excluding carboxylic acids is 2. The Balaban J connectivity index is 1.59. The number of alkyl halides is 3. The number of halogens is 3. The number of aromatic nitrogens is 1. The predicted molar refractivity (Wildman–Crippen MR) is 117 cm³/mol. The number of thiazole rings is 1. The van der Waals surface area contributed by atoms with Gasteiger partial charge in [-0.15, -0.1) is 11.3 Å². The fourth-order valence-electron chi connectivity index (χ4n) is 2.90. The second kappa shape index (κ2) is 10.5. The molecule has 0 spiro atoms. The zero-order chi connectivity index (χ0) is 24.0. The van der Waals surface area contributed by atoms with Gasteiger partial charge in [0.2, 0.25) is 5.91 Å². The first kappa shape index (κ1) is 24.2. The van der Waals surface area contributed by atoms with E-state index in [1.807, 2.05) is 31.2 Å². The lowest BCUT2D eigenvalue weighted by Gasteiger charge is -2.19. The van der Waals surface area contributed by atoms with Crippen LogP contribution < -0.4 is 9.64 Å². The smallest absolute Gasteiger partial charge is 0.416 e. The number of amides is 1. The maximum Gasteiger partial charge on any atom is 0.416 e. The largest absolute Gasteiger partial charge is 0.493 e. The first-order valence-corrected chi connectivity index (χ1v) is 10.8. The second-order valence-electron chi connectivity index (χ2n) is 7.05. The Bertz CT molecular complexity index is 1130. The lowest BCUT2D eigenvalue weighted by atomic mass is 10.2. The molecular formula is C23H21F3N2O4S. The summed E-state index contributed by atoms with van der Waals surface area (Å²) >= 11 is 1.06. The van der Waals surface area contributed by atoms with Crippen LogP contribution in [-0.2, 0) is 27.1 Å². The Labute approximate surface area is 192 Å². The summed E-state index contributed by atoms with van der Waals surface area (Å²) in [5.74, 6) is -0.298. The average molecular weight is 478 g/mol. The molecule has 0 saturated heterocycles. The summed E-state index contributed by atoms with van der Waals surface area (Å²) in [6.07, 6.45) is -4.50. The zero-order valence-corrected chi connectivity index (χ0v) is 18.7. The number of rotatable bonds is 8. The molecule has 174 valence electrons. The van der Waals surface area contributed by atoms with Crippen LogP contribution in [0, 0.1) is 6.92 Å². The third-order valence-corrected chi connectivity index (χ3v) is 5.39. The van der Waals surface area contributed by atoms with Crippen molar-refractivity contribution in [2.45, 2.75) is 33.1 Å². The van der Waals surface area contributed by atoms with Gasteiger partial charge in [-0.05, 0) is 36.8 Å². The van der Waals surface area contributed by atoms with Gasteiger partial charge in [0.1, 0.15) is 12.4 Å². The normalized spacial score (nSPS) is 11.2. The fraction of sp³-hybridized carbons (Fsp3) is 0.261. The molecule has 0 radical (unpaired) electrons. The van der Waals surface area contributed by atoms with Crippen molar-refractivity contribution in [3.8, 4) is 5.75 Å². The summed E-state index contributed by atoms with van der Waals surface area (Å²) < 4.78 is 49.9. The van der Waals surface area contributed by atoms with E-state index in [9.17, 15) is 22.8 Å². The maximum absolute atomic E-state index is 13.0. The Morgan fingerprint density at radius 1 is 1.12 bits per heavy atom. The Kier molecular flexibility index (Phi) is 7.70. The van der Waals surface area contributed by atoms with Gasteiger partial charge in [-0.3, -0.25) is 14.5 Å². The number of aryl methyl sites for hydroxylation is 1. The van der Waals surface area contributed by atoms with E-state index < -0.39 is 23.6 Å². The highest BCUT2D eigenvalue weighted by molar-refractivity contribution is 7.14. The van der Waals surface area contributed by atoms with E-state index in [1.165, 1.54) is 19.1 Å². The molecule has 0 N–H and O–H groups in total. The van der Waals surface area contributed by atoms with Gasteiger partial charge in [0.15, 0.2) is 5.13 Å². The van der Waals surface area contributed by atoms with Crippen molar-refractivity contribution in [3.63, 3.8) is 0 Å². The first-order valence-electron chi connectivity index (χ1n) is 9.91. The van der Waals surface area contributed by atoms with Crippen molar-refractivity contribution in [1.29, 1.82) is 0 Å². The molecular weight excluding hydrogens is 457 g/mol. The molecule has 0 atom stereocenters. The van der Waals surface area contributed by atoms with E-state index in [4.69, 9.17) is 9.47 Å². The minimum Gasteiger partial charge on any atom is -0.493 e. The molecule has 0 fully saturated rings. The van der Waals surface area contributed by atoms with Crippen LogP contribution in [0.4, 0.5) is 24.0 Å². The van der Waals surface area contributed by atoms with E-state index in [-0.39, 0.29) is 30.5 Å². The number of anilines is 2. The summed E-state index contributed by atoms with van der Waals surface area (Å²) in [5.41, 5.74) is 0.506. The van der Waals surface area contributed by atoms with Crippen LogP contribution in [-0.4, -0.2) is 23.5 Å². The summed E-state index contributed by atoms with van der Waals surface area (Å²) in [6.45, 7) is 3.15. The van der Waals surface area contributed by atoms with Gasteiger partial charge in [-0.2, -0.15) is 13.2 Å². The highest BCUT2D eigenvalue weighted by Crippen LogP contribution is 2.35. The number of ether oxygens (including phenoxy) is 2. The molecule has 0 unspecified atom stereocenters. The van der Waals surface area contributed by atoms with Crippen molar-refractivity contribution < 1.29 is 32.2 Å². The number of benzene rings is 2. The molecule has 1 aromatic heterocycles. The van der Waals surface area contributed by atoms with E-state index in [0.717, 1.165) is 33.9 Å². The fourth-order valence-corrected chi connectivity index (χ4v) is 3.77. The molecule has 2 aromatic carbocycles. The Morgan fingerprint density at radius 2 is 1.88 bits per heavy atom. The minimum atomic E-state index is -4.54. The maximum atomic E-state index is 13.0. The van der Waals surface area contributed by atoms with Crippen molar-refractivity contribution in [2.24, 2.45) is 0 Å². The molecule has 33 heavy (non-hydrogen) atoms. The van der Waals surface area contributed by atoms with Crippen LogP contribution in [0.25, 0.3) is 0 Å². The van der Waals surface area contributed by atoms with Crippen LogP contribution in [0.3, 0.4) is 0 Å². The van der Waals surface area contributed by atoms with Gasteiger partial charge >= 0.3 is 12.1 Å². The van der Waals surface area contributed by atoms with Gasteiger partial charge in [0.25, 0.3) is 0 Å². The van der Waals surface area contributed by atoms with E-state index >= 15 is 0 Å². The lowest BCUT2D eigenvalue weighted by molar-refractivity contribution is -0.145. The quantitative estimate of drug-likeness (QED) is 0.391. The Hall–Kier alpha value is -3.40. The average Bonchev–Trinajstić information content (AvgIpc) is 3.21. The van der Waals surface area contributed by atoms with Crippen molar-refractivity contribution in [3.05, 3.63) is 70.7 Å². The molecule has 0 aliphatic carbocycles. The third kappa shape index (κ3) is 6.55. The minimum absolute atomic E-state index is 0.0368. The summed E-state index contributed by atoms with van der Waals surface area (Å²) in [7, 11) is 0. The number of nitrogens with zero attached hydrogens (tertiary/aromatic N) is 2. The summed E-state index contributed by atoms with van der Waals surface area (Å²) in [4.78, 5) is 29.5. The number of hydrogen-bond acceptors (Lipinski definition) is 6. The second-order valence-corrected chi connectivity index (χ2v) is 7.89. The van der Waals surface area contributed by atoms with Gasteiger partial charge in [0, 0.05) is 12.3 Å². The molecule has 6 nitrogen and oxygen atoms in total. The number of hydrogen-bond donors (Lipinski definition) is 0. The summed E-state index contributed by atoms with van der Waals surface area (Å²) in [5, 5.41) is 1.76. The lowest BCUT2D eigenvalue weighted by Crippen LogP contribution is -2.23. The van der Waals surface area contributed by atoms with Crippen LogP contribution in [0.1, 0.15) is 30.2 Å². The molecule has 0 bridgehead atoms. The molecule has 0 saturated carbocycles. The van der Waals surface area contributed by atoms with Crippen LogP contribution in [0.2, 0.25) is 0 Å². The number of esters is 1. The number of para-hydroxylation sites is 1. The monoisotopic (exact) mass is 478 g/mol. The van der Waals surface area contributed by atoms with Crippen molar-refractivity contribution in [2.75, 3.05) is 11.5 Å². The zero-order valence-electron chi connectivity index (χ0n) is 17.9. The molecule has 0 aliphatic rings. The topological polar surface area (TPSA) is 68.7 Å². The first-order chi connectivity index (χ1) is 15.6. The van der Waals surface area contributed by atoms with E-state index in [2.05, 4.69) is 4.98 Å². The highest BCUT2D eigenvalue weighted by Gasteiger charge is 2.31. The highest BCUT2D eigenvalue weighted by atomic mass is 32.1. The van der Waals surface area contributed by atoms with Crippen LogP contribution in [0.5, 0.6) is 5.75 Å². The van der Waals surface area contributed by atoms with Crippen molar-refractivity contribution in [1.82, 2.24) is 4.98 Å². The van der Waals surface area contributed by atoms with Crippen LogP contribution in [0.15, 0.2) is 53.9 Å². The standard InChI is InChI=1S/C23H21F3N2O4S/c1-15-6-3-4-9-20(15)31-11-10-21(30)32-13-18-14-33-22(27-18)28(16(2)29)19-8-5-7-17(12-19)23(24,25)26/h3-9,12,14H,10-11,13H2,1-2H3. The molecule has 1 heterocycles. The molecule has 3 aromatic rings. The van der Waals surface area contributed by atoms with Gasteiger partial charge < -0.3 is 9.47 Å². The van der Waals surface area contributed by atoms with Crippen LogP contribution >= 0.6 is 11.3 Å². The van der Waals surface area contributed by atoms with Crippen molar-refractivity contribution >= 4 is 34.0 Å². The molecule has 0 aliphatic heterocycles. The molecule has 10 heteroatoms. The Morgan fingerprint density at radius 3 is 2.58 bits per heavy atom. The summed E-state index contributed by atoms with van der Waals surface area (Å²) in [6, 6.07) is 11.9. The third-order valence-electron chi connectivity index (χ3n) is 4.52. The van der Waals surface area contributed by atoms with Gasteiger partial charge in [-0.25, -0.2) is 4.98 Å². The van der Waals surface area contributed by atoms with E-state index in [0.29, 0.717) is 11.4 Å². The molecule has 3 rings (SSSR count). The number of carbonyl (C=O) groups is 2. The molecule has 1 amide bonds. The van der Waals surface area contributed by atoms with Gasteiger partial charge in [-0.1, -0.05) is 24.3 Å². The van der Waals surface area contributed by atoms with E-state index in [1.54, 1.807) is 5.38 Å². The predicted octanol–water partition coefficient (Wildman–Crippen LogP) is 5.67.